The van der Waals surface area contributed by atoms with E-state index in [1.807, 2.05) is 13.1 Å². The minimum atomic E-state index is 0. The average Bonchev–Trinajstić information content (AvgIpc) is 3.29. The SMILES string of the molecule is C=CCCCN(C)C(=NC)NCC1CC1c1ccccc1.I. The van der Waals surface area contributed by atoms with Crippen LogP contribution in [0.2, 0.25) is 0 Å². The number of nitrogens with zero attached hydrogens (tertiary/aromatic N) is 2. The van der Waals surface area contributed by atoms with Crippen molar-refractivity contribution in [2.24, 2.45) is 10.9 Å². The van der Waals surface area contributed by atoms with Gasteiger partial charge in [0.25, 0.3) is 0 Å². The highest BCUT2D eigenvalue weighted by Gasteiger charge is 2.37. The Morgan fingerprint density at radius 2 is 2.14 bits per heavy atom. The largest absolute Gasteiger partial charge is 0.356 e. The van der Waals surface area contributed by atoms with Crippen LogP contribution < -0.4 is 5.32 Å². The van der Waals surface area contributed by atoms with E-state index in [9.17, 15) is 0 Å². The lowest BCUT2D eigenvalue weighted by Gasteiger charge is -2.21. The fourth-order valence-electron chi connectivity index (χ4n) is 2.77. The van der Waals surface area contributed by atoms with Gasteiger partial charge in [-0.1, -0.05) is 36.4 Å². The van der Waals surface area contributed by atoms with Crippen LogP contribution in [-0.4, -0.2) is 38.0 Å². The number of rotatable bonds is 7. The molecule has 0 aromatic heterocycles. The molecule has 3 nitrogen and oxygen atoms in total. The summed E-state index contributed by atoms with van der Waals surface area (Å²) in [4.78, 5) is 6.57. The molecule has 2 rings (SSSR count). The first-order valence-electron chi connectivity index (χ1n) is 7.84. The van der Waals surface area contributed by atoms with E-state index in [4.69, 9.17) is 0 Å². The third kappa shape index (κ3) is 5.63. The van der Waals surface area contributed by atoms with Crippen LogP contribution in [-0.2, 0) is 0 Å². The van der Waals surface area contributed by atoms with E-state index in [0.717, 1.165) is 43.7 Å². The van der Waals surface area contributed by atoms with Crippen LogP contribution in [0.5, 0.6) is 0 Å². The normalized spacial score (nSPS) is 20.0. The highest BCUT2D eigenvalue weighted by Crippen LogP contribution is 2.46. The van der Waals surface area contributed by atoms with Crippen LogP contribution in [0.25, 0.3) is 0 Å². The van der Waals surface area contributed by atoms with Gasteiger partial charge < -0.3 is 10.2 Å². The molecular weight excluding hydrogens is 385 g/mol. The van der Waals surface area contributed by atoms with E-state index >= 15 is 0 Å². The Labute approximate surface area is 151 Å². The van der Waals surface area contributed by atoms with Crippen LogP contribution in [0.1, 0.15) is 30.7 Å². The Kier molecular flexibility index (Phi) is 8.53. The molecule has 2 atom stereocenters. The summed E-state index contributed by atoms with van der Waals surface area (Å²) in [6, 6.07) is 10.8. The number of guanidine groups is 1. The lowest BCUT2D eigenvalue weighted by atomic mass is 10.1. The maximum Gasteiger partial charge on any atom is 0.193 e. The van der Waals surface area contributed by atoms with Crippen LogP contribution in [0.3, 0.4) is 0 Å². The molecule has 1 N–H and O–H groups in total. The third-order valence-corrected chi connectivity index (χ3v) is 4.15. The zero-order valence-electron chi connectivity index (χ0n) is 13.7. The predicted molar refractivity (Wildman–Crippen MR) is 106 cm³/mol. The molecule has 1 aromatic rings. The maximum atomic E-state index is 4.37. The van der Waals surface area contributed by atoms with Gasteiger partial charge in [0, 0.05) is 27.2 Å². The molecule has 22 heavy (non-hydrogen) atoms. The number of aliphatic imine (C=N–C) groups is 1. The molecule has 0 aliphatic heterocycles. The molecule has 1 aliphatic rings. The van der Waals surface area contributed by atoms with Gasteiger partial charge in [-0.15, -0.1) is 30.6 Å². The standard InChI is InChI=1S/C18H27N3.HI/c1-4-5-9-12-21(3)18(19-2)20-14-16-13-17(16)15-10-7-6-8-11-15;/h4,6-8,10-11,16-17H,1,5,9,12-14H2,2-3H3,(H,19,20);1H. The molecule has 2 unspecified atom stereocenters. The number of nitrogens with one attached hydrogen (secondary N) is 1. The van der Waals surface area contributed by atoms with Crippen molar-refractivity contribution in [3.8, 4) is 0 Å². The van der Waals surface area contributed by atoms with Crippen molar-refractivity contribution in [2.75, 3.05) is 27.2 Å². The van der Waals surface area contributed by atoms with E-state index in [1.54, 1.807) is 0 Å². The van der Waals surface area contributed by atoms with E-state index < -0.39 is 0 Å². The quantitative estimate of drug-likeness (QED) is 0.242. The van der Waals surface area contributed by atoms with Crippen molar-refractivity contribution >= 4 is 29.9 Å². The van der Waals surface area contributed by atoms with E-state index in [1.165, 1.54) is 12.0 Å². The highest BCUT2D eigenvalue weighted by atomic mass is 127. The van der Waals surface area contributed by atoms with E-state index in [-0.39, 0.29) is 24.0 Å². The summed E-state index contributed by atoms with van der Waals surface area (Å²) in [6.45, 7) is 5.79. The first-order valence-corrected chi connectivity index (χ1v) is 7.84. The minimum Gasteiger partial charge on any atom is -0.356 e. The summed E-state index contributed by atoms with van der Waals surface area (Å²) in [5.41, 5.74) is 1.47. The molecule has 1 saturated carbocycles. The van der Waals surface area contributed by atoms with Gasteiger partial charge in [0.2, 0.25) is 0 Å². The number of hydrogen-bond donors (Lipinski definition) is 1. The molecule has 1 aliphatic carbocycles. The molecule has 0 radical (unpaired) electrons. The van der Waals surface area contributed by atoms with Gasteiger partial charge in [0.05, 0.1) is 0 Å². The van der Waals surface area contributed by atoms with Crippen LogP contribution >= 0.6 is 24.0 Å². The Morgan fingerprint density at radius 1 is 1.41 bits per heavy atom. The van der Waals surface area contributed by atoms with Crippen molar-refractivity contribution in [1.29, 1.82) is 0 Å². The Morgan fingerprint density at radius 3 is 2.77 bits per heavy atom. The monoisotopic (exact) mass is 413 g/mol. The first-order chi connectivity index (χ1) is 10.3. The minimum absolute atomic E-state index is 0. The number of benzene rings is 1. The van der Waals surface area contributed by atoms with Crippen molar-refractivity contribution in [1.82, 2.24) is 10.2 Å². The second kappa shape index (κ2) is 9.87. The fraction of sp³-hybridized carbons (Fsp3) is 0.500. The van der Waals surface area contributed by atoms with Crippen molar-refractivity contribution in [3.05, 3.63) is 48.6 Å². The summed E-state index contributed by atoms with van der Waals surface area (Å²) in [6.07, 6.45) is 5.43. The van der Waals surface area contributed by atoms with Gasteiger partial charge >= 0.3 is 0 Å². The third-order valence-electron chi connectivity index (χ3n) is 4.15. The van der Waals surface area contributed by atoms with Gasteiger partial charge in [-0.25, -0.2) is 0 Å². The fourth-order valence-corrected chi connectivity index (χ4v) is 2.77. The maximum absolute atomic E-state index is 4.37. The summed E-state index contributed by atoms with van der Waals surface area (Å²) in [5.74, 6) is 2.46. The average molecular weight is 413 g/mol. The summed E-state index contributed by atoms with van der Waals surface area (Å²) in [7, 11) is 3.95. The molecule has 0 heterocycles. The molecule has 0 bridgehead atoms. The lowest BCUT2D eigenvalue weighted by Crippen LogP contribution is -2.40. The second-order valence-corrected chi connectivity index (χ2v) is 5.79. The van der Waals surface area contributed by atoms with Gasteiger partial charge in [-0.2, -0.15) is 0 Å². The number of allylic oxidation sites excluding steroid dienone is 1. The van der Waals surface area contributed by atoms with Gasteiger partial charge in [-0.05, 0) is 36.7 Å². The molecule has 0 spiro atoms. The molecule has 1 aromatic carbocycles. The molecule has 4 heteroatoms. The lowest BCUT2D eigenvalue weighted by molar-refractivity contribution is 0.467. The first kappa shape index (κ1) is 19.0. The highest BCUT2D eigenvalue weighted by molar-refractivity contribution is 14.0. The smallest absolute Gasteiger partial charge is 0.193 e. The number of unbranched alkanes of at least 4 members (excludes halogenated alkanes) is 1. The predicted octanol–water partition coefficient (Wildman–Crippen LogP) is 3.88. The topological polar surface area (TPSA) is 27.6 Å². The van der Waals surface area contributed by atoms with Crippen LogP contribution in [0, 0.1) is 5.92 Å². The zero-order chi connectivity index (χ0) is 15.1. The molecule has 1 fully saturated rings. The van der Waals surface area contributed by atoms with Gasteiger partial charge in [0.15, 0.2) is 5.96 Å². The molecule has 122 valence electrons. The van der Waals surface area contributed by atoms with Gasteiger partial charge in [0.1, 0.15) is 0 Å². The number of halogens is 1. The van der Waals surface area contributed by atoms with E-state index in [2.05, 4.69) is 59.2 Å². The van der Waals surface area contributed by atoms with Crippen molar-refractivity contribution in [3.63, 3.8) is 0 Å². The van der Waals surface area contributed by atoms with Crippen molar-refractivity contribution in [2.45, 2.75) is 25.2 Å². The summed E-state index contributed by atoms with van der Waals surface area (Å²) in [5, 5.41) is 3.51. The zero-order valence-corrected chi connectivity index (χ0v) is 16.0. The summed E-state index contributed by atoms with van der Waals surface area (Å²) < 4.78 is 0. The second-order valence-electron chi connectivity index (χ2n) is 5.79. The Balaban J connectivity index is 0.00000242. The summed E-state index contributed by atoms with van der Waals surface area (Å²) >= 11 is 0. The number of hydrogen-bond acceptors (Lipinski definition) is 1. The Bertz CT molecular complexity index is 472. The van der Waals surface area contributed by atoms with Crippen molar-refractivity contribution < 1.29 is 0 Å². The molecular formula is C18H28IN3. The van der Waals surface area contributed by atoms with Gasteiger partial charge in [-0.3, -0.25) is 4.99 Å². The molecule has 0 saturated heterocycles. The Hall–Kier alpha value is -1.04. The van der Waals surface area contributed by atoms with Crippen LogP contribution in [0.4, 0.5) is 0 Å². The van der Waals surface area contributed by atoms with E-state index in [0.29, 0.717) is 0 Å². The molecule has 0 amide bonds. The van der Waals surface area contributed by atoms with Crippen LogP contribution in [0.15, 0.2) is 48.0 Å².